The standard InChI is InChI=1S/C14H18BrNO2/c1-10-9-18-11(2)7-16(10)8-14(17)12-5-3-4-6-13(12)15/h3-6,10-11H,7-9H2,1-2H3. The highest BCUT2D eigenvalue weighted by Crippen LogP contribution is 2.18. The maximum atomic E-state index is 12.3. The van der Waals surface area contributed by atoms with Gasteiger partial charge in [-0.25, -0.2) is 0 Å². The van der Waals surface area contributed by atoms with Gasteiger partial charge in [-0.15, -0.1) is 0 Å². The molecule has 0 aromatic heterocycles. The molecule has 2 unspecified atom stereocenters. The van der Waals surface area contributed by atoms with Crippen molar-refractivity contribution >= 4 is 21.7 Å². The number of halogens is 1. The molecule has 0 radical (unpaired) electrons. The van der Waals surface area contributed by atoms with Gasteiger partial charge < -0.3 is 4.74 Å². The Kier molecular flexibility index (Phi) is 4.54. The summed E-state index contributed by atoms with van der Waals surface area (Å²) < 4.78 is 6.43. The number of Topliss-reactive ketones (excluding diaryl/α,β-unsaturated/α-hetero) is 1. The van der Waals surface area contributed by atoms with E-state index in [2.05, 4.69) is 27.8 Å². The van der Waals surface area contributed by atoms with Crippen molar-refractivity contribution in [3.8, 4) is 0 Å². The molecule has 4 heteroatoms. The fourth-order valence-electron chi connectivity index (χ4n) is 2.15. The molecule has 3 nitrogen and oxygen atoms in total. The fourth-order valence-corrected chi connectivity index (χ4v) is 2.66. The molecule has 1 fully saturated rings. The zero-order chi connectivity index (χ0) is 13.1. The van der Waals surface area contributed by atoms with Crippen molar-refractivity contribution in [3.05, 3.63) is 34.3 Å². The highest BCUT2D eigenvalue weighted by molar-refractivity contribution is 9.10. The molecule has 1 aromatic rings. The number of morpholine rings is 1. The SMILES string of the molecule is CC1CN(CC(=O)c2ccccc2Br)C(C)CO1. The molecule has 98 valence electrons. The first-order chi connectivity index (χ1) is 8.58. The first kappa shape index (κ1) is 13.7. The summed E-state index contributed by atoms with van der Waals surface area (Å²) in [5.74, 6) is 0.156. The van der Waals surface area contributed by atoms with Crippen LogP contribution >= 0.6 is 15.9 Å². The van der Waals surface area contributed by atoms with E-state index in [1.165, 1.54) is 0 Å². The maximum absolute atomic E-state index is 12.3. The molecule has 1 saturated heterocycles. The minimum atomic E-state index is 0.156. The van der Waals surface area contributed by atoms with E-state index < -0.39 is 0 Å². The maximum Gasteiger partial charge on any atom is 0.177 e. The van der Waals surface area contributed by atoms with Crippen LogP contribution in [0.4, 0.5) is 0 Å². The number of benzene rings is 1. The largest absolute Gasteiger partial charge is 0.376 e. The van der Waals surface area contributed by atoms with Crippen molar-refractivity contribution in [2.24, 2.45) is 0 Å². The minimum absolute atomic E-state index is 0.156. The summed E-state index contributed by atoms with van der Waals surface area (Å²) in [5, 5.41) is 0. The number of rotatable bonds is 3. The summed E-state index contributed by atoms with van der Waals surface area (Å²) in [6, 6.07) is 7.87. The zero-order valence-corrected chi connectivity index (χ0v) is 12.3. The smallest absolute Gasteiger partial charge is 0.177 e. The lowest BCUT2D eigenvalue weighted by atomic mass is 10.1. The van der Waals surface area contributed by atoms with Crippen molar-refractivity contribution in [3.63, 3.8) is 0 Å². The van der Waals surface area contributed by atoms with Crippen LogP contribution in [-0.2, 0) is 4.74 Å². The van der Waals surface area contributed by atoms with Gasteiger partial charge in [-0.3, -0.25) is 9.69 Å². The third-order valence-corrected chi connectivity index (χ3v) is 3.95. The first-order valence-electron chi connectivity index (χ1n) is 6.21. The number of hydrogen-bond acceptors (Lipinski definition) is 3. The van der Waals surface area contributed by atoms with Crippen LogP contribution < -0.4 is 0 Å². The molecule has 0 aliphatic carbocycles. The third kappa shape index (κ3) is 3.19. The van der Waals surface area contributed by atoms with E-state index in [-0.39, 0.29) is 11.9 Å². The minimum Gasteiger partial charge on any atom is -0.376 e. The molecule has 1 aromatic carbocycles. The van der Waals surface area contributed by atoms with Crippen molar-refractivity contribution in [2.45, 2.75) is 26.0 Å². The van der Waals surface area contributed by atoms with Gasteiger partial charge in [-0.05, 0) is 19.9 Å². The predicted molar refractivity (Wildman–Crippen MR) is 74.9 cm³/mol. The van der Waals surface area contributed by atoms with Gasteiger partial charge in [0.25, 0.3) is 0 Å². The molecule has 0 amide bonds. The van der Waals surface area contributed by atoms with Crippen LogP contribution in [0.3, 0.4) is 0 Å². The second-order valence-electron chi connectivity index (χ2n) is 4.83. The Morgan fingerprint density at radius 1 is 1.44 bits per heavy atom. The lowest BCUT2D eigenvalue weighted by Crippen LogP contribution is -2.49. The van der Waals surface area contributed by atoms with E-state index in [0.717, 1.165) is 16.6 Å². The molecule has 1 heterocycles. The summed E-state index contributed by atoms with van der Waals surface area (Å²) in [6.45, 7) is 6.11. The highest BCUT2D eigenvalue weighted by atomic mass is 79.9. The molecule has 1 aliphatic rings. The summed E-state index contributed by atoms with van der Waals surface area (Å²) in [6.07, 6.45) is 0.202. The topological polar surface area (TPSA) is 29.5 Å². The number of hydrogen-bond donors (Lipinski definition) is 0. The number of carbonyl (C=O) groups excluding carboxylic acids is 1. The Balaban J connectivity index is 2.05. The van der Waals surface area contributed by atoms with Crippen LogP contribution in [0.2, 0.25) is 0 Å². The van der Waals surface area contributed by atoms with Crippen LogP contribution in [0, 0.1) is 0 Å². The second kappa shape index (κ2) is 5.95. The van der Waals surface area contributed by atoms with Crippen LogP contribution in [0.5, 0.6) is 0 Å². The second-order valence-corrected chi connectivity index (χ2v) is 5.68. The van der Waals surface area contributed by atoms with Gasteiger partial charge in [0, 0.05) is 22.6 Å². The third-order valence-electron chi connectivity index (χ3n) is 3.26. The Labute approximate surface area is 116 Å². The van der Waals surface area contributed by atoms with Gasteiger partial charge in [0.15, 0.2) is 5.78 Å². The van der Waals surface area contributed by atoms with Crippen molar-refractivity contribution in [2.75, 3.05) is 19.7 Å². The average molecular weight is 312 g/mol. The number of ketones is 1. The Morgan fingerprint density at radius 3 is 2.89 bits per heavy atom. The normalized spacial score (nSPS) is 25.1. The molecule has 18 heavy (non-hydrogen) atoms. The van der Waals surface area contributed by atoms with Crippen LogP contribution in [0.1, 0.15) is 24.2 Å². The number of nitrogens with zero attached hydrogens (tertiary/aromatic N) is 1. The van der Waals surface area contributed by atoms with Gasteiger partial charge in [0.2, 0.25) is 0 Å². The lowest BCUT2D eigenvalue weighted by Gasteiger charge is -2.36. The van der Waals surface area contributed by atoms with Crippen LogP contribution in [0.15, 0.2) is 28.7 Å². The lowest BCUT2D eigenvalue weighted by molar-refractivity contribution is -0.0460. The van der Waals surface area contributed by atoms with Gasteiger partial charge in [0.1, 0.15) is 0 Å². The molecule has 2 atom stereocenters. The Hall–Kier alpha value is -0.710. The van der Waals surface area contributed by atoms with Crippen LogP contribution in [-0.4, -0.2) is 42.5 Å². The molecule has 2 rings (SSSR count). The van der Waals surface area contributed by atoms with E-state index in [1.54, 1.807) is 0 Å². The first-order valence-corrected chi connectivity index (χ1v) is 7.00. The van der Waals surface area contributed by atoms with E-state index in [1.807, 2.05) is 31.2 Å². The van der Waals surface area contributed by atoms with E-state index in [9.17, 15) is 4.79 Å². The van der Waals surface area contributed by atoms with Gasteiger partial charge in [-0.1, -0.05) is 34.1 Å². The van der Waals surface area contributed by atoms with Crippen molar-refractivity contribution in [1.29, 1.82) is 0 Å². The predicted octanol–water partition coefficient (Wildman–Crippen LogP) is 2.74. The van der Waals surface area contributed by atoms with E-state index >= 15 is 0 Å². The summed E-state index contributed by atoms with van der Waals surface area (Å²) in [5.41, 5.74) is 0.754. The monoisotopic (exact) mass is 311 g/mol. The number of ether oxygens (including phenoxy) is 1. The average Bonchev–Trinajstić information content (AvgIpc) is 2.34. The van der Waals surface area contributed by atoms with Gasteiger partial charge in [-0.2, -0.15) is 0 Å². The molecular formula is C14H18BrNO2. The molecule has 1 aliphatic heterocycles. The molecule has 0 bridgehead atoms. The van der Waals surface area contributed by atoms with Gasteiger partial charge in [0.05, 0.1) is 19.3 Å². The summed E-state index contributed by atoms with van der Waals surface area (Å²) in [4.78, 5) is 14.5. The van der Waals surface area contributed by atoms with Crippen molar-refractivity contribution < 1.29 is 9.53 Å². The van der Waals surface area contributed by atoms with E-state index in [4.69, 9.17) is 4.74 Å². The fraction of sp³-hybridized carbons (Fsp3) is 0.500. The Bertz CT molecular complexity index is 436. The number of carbonyl (C=O) groups is 1. The molecule has 0 saturated carbocycles. The van der Waals surface area contributed by atoms with Crippen molar-refractivity contribution in [1.82, 2.24) is 4.90 Å². The molecule has 0 N–H and O–H groups in total. The van der Waals surface area contributed by atoms with E-state index in [0.29, 0.717) is 19.2 Å². The summed E-state index contributed by atoms with van der Waals surface area (Å²) >= 11 is 3.42. The molecule has 0 spiro atoms. The highest BCUT2D eigenvalue weighted by Gasteiger charge is 2.25. The zero-order valence-electron chi connectivity index (χ0n) is 10.7. The van der Waals surface area contributed by atoms with Crippen LogP contribution in [0.25, 0.3) is 0 Å². The quantitative estimate of drug-likeness (QED) is 0.804. The van der Waals surface area contributed by atoms with Gasteiger partial charge >= 0.3 is 0 Å². The Morgan fingerprint density at radius 2 is 2.17 bits per heavy atom. The molecular weight excluding hydrogens is 294 g/mol. The summed E-state index contributed by atoms with van der Waals surface area (Å²) in [7, 11) is 0.